The fraction of sp³-hybridized carbons (Fsp3) is 0.154. The van der Waals surface area contributed by atoms with E-state index in [-0.39, 0.29) is 12.3 Å². The van der Waals surface area contributed by atoms with E-state index in [1.54, 1.807) is 36.5 Å². The quantitative estimate of drug-likeness (QED) is 0.451. The third-order valence-corrected chi connectivity index (χ3v) is 2.64. The van der Waals surface area contributed by atoms with Crippen molar-refractivity contribution in [2.75, 3.05) is 6.61 Å². The molecular formula is C13H14N4O3. The molecule has 2 rings (SSSR count). The molecule has 0 fully saturated rings. The molecule has 20 heavy (non-hydrogen) atoms. The summed E-state index contributed by atoms with van der Waals surface area (Å²) < 4.78 is 6.94. The monoisotopic (exact) mass is 274 g/mol. The van der Waals surface area contributed by atoms with Crippen molar-refractivity contribution in [2.24, 2.45) is 5.84 Å². The Bertz CT molecular complexity index is 654. The molecule has 1 heterocycles. The van der Waals surface area contributed by atoms with Crippen molar-refractivity contribution in [3.63, 3.8) is 0 Å². The van der Waals surface area contributed by atoms with E-state index in [0.29, 0.717) is 17.9 Å². The lowest BCUT2D eigenvalue weighted by atomic mass is 10.2. The van der Waals surface area contributed by atoms with E-state index in [2.05, 4.69) is 10.4 Å². The van der Waals surface area contributed by atoms with Gasteiger partial charge in [-0.25, -0.2) is 15.6 Å². The first kappa shape index (κ1) is 13.8. The first-order valence-corrected chi connectivity index (χ1v) is 5.96. The van der Waals surface area contributed by atoms with Crippen molar-refractivity contribution >= 4 is 5.91 Å². The van der Waals surface area contributed by atoms with Gasteiger partial charge < -0.3 is 4.74 Å². The number of nitrogen functional groups attached to an aromatic ring is 1. The molecule has 0 saturated carbocycles. The lowest BCUT2D eigenvalue weighted by Crippen LogP contribution is -2.30. The van der Waals surface area contributed by atoms with Crippen LogP contribution in [0.1, 0.15) is 10.4 Å². The first-order valence-electron chi connectivity index (χ1n) is 5.96. The number of benzene rings is 1. The lowest BCUT2D eigenvalue weighted by molar-refractivity contribution is 0.0949. The molecule has 7 heteroatoms. The molecular weight excluding hydrogens is 260 g/mol. The first-order chi connectivity index (χ1) is 9.72. The van der Waals surface area contributed by atoms with E-state index in [0.717, 1.165) is 0 Å². The van der Waals surface area contributed by atoms with E-state index >= 15 is 0 Å². The summed E-state index contributed by atoms with van der Waals surface area (Å²) in [7, 11) is 0. The van der Waals surface area contributed by atoms with E-state index in [1.165, 1.54) is 10.8 Å². The van der Waals surface area contributed by atoms with Crippen LogP contribution < -0.4 is 21.7 Å². The van der Waals surface area contributed by atoms with Crippen LogP contribution in [0.4, 0.5) is 0 Å². The highest BCUT2D eigenvalue weighted by Crippen LogP contribution is 2.17. The van der Waals surface area contributed by atoms with Gasteiger partial charge in [0, 0.05) is 12.4 Å². The number of aromatic nitrogens is 2. The number of ether oxygens (including phenoxy) is 1. The fourth-order valence-electron chi connectivity index (χ4n) is 1.67. The zero-order valence-corrected chi connectivity index (χ0v) is 10.7. The van der Waals surface area contributed by atoms with Gasteiger partial charge in [-0.2, -0.15) is 0 Å². The number of hydrogen-bond donors (Lipinski definition) is 2. The molecule has 0 bridgehead atoms. The molecule has 1 aromatic heterocycles. The van der Waals surface area contributed by atoms with Gasteiger partial charge in [0.1, 0.15) is 12.4 Å². The standard InChI is InChI=1S/C13H14N4O3/c14-16-12(18)10-4-1-2-5-11(10)20-9-8-17-7-3-6-15-13(17)19/h1-7H,8-9,14H2,(H,16,18). The summed E-state index contributed by atoms with van der Waals surface area (Å²) in [5.74, 6) is 5.08. The molecule has 0 saturated heterocycles. The molecule has 0 aliphatic heterocycles. The zero-order chi connectivity index (χ0) is 14.4. The minimum absolute atomic E-state index is 0.237. The van der Waals surface area contributed by atoms with Crippen molar-refractivity contribution in [1.29, 1.82) is 0 Å². The molecule has 0 atom stereocenters. The van der Waals surface area contributed by atoms with Crippen LogP contribution in [-0.2, 0) is 6.54 Å². The van der Waals surface area contributed by atoms with Gasteiger partial charge in [0.2, 0.25) is 0 Å². The van der Waals surface area contributed by atoms with Crippen LogP contribution >= 0.6 is 0 Å². The van der Waals surface area contributed by atoms with Crippen LogP contribution in [0, 0.1) is 0 Å². The second-order valence-electron chi connectivity index (χ2n) is 3.91. The lowest BCUT2D eigenvalue weighted by Gasteiger charge is -2.10. The molecule has 1 amide bonds. The average molecular weight is 274 g/mol. The van der Waals surface area contributed by atoms with Crippen LogP contribution in [0.3, 0.4) is 0 Å². The number of amides is 1. The summed E-state index contributed by atoms with van der Waals surface area (Å²) in [4.78, 5) is 26.6. The molecule has 1 aromatic carbocycles. The van der Waals surface area contributed by atoms with Gasteiger partial charge in [-0.1, -0.05) is 12.1 Å². The molecule has 104 valence electrons. The Hall–Kier alpha value is -2.67. The molecule has 0 aliphatic rings. The number of nitrogens with one attached hydrogen (secondary N) is 1. The van der Waals surface area contributed by atoms with E-state index < -0.39 is 5.91 Å². The van der Waals surface area contributed by atoms with Gasteiger partial charge in [0.05, 0.1) is 12.1 Å². The normalized spacial score (nSPS) is 10.1. The Kier molecular flexibility index (Phi) is 4.46. The van der Waals surface area contributed by atoms with Gasteiger partial charge in [0.15, 0.2) is 0 Å². The Morgan fingerprint density at radius 1 is 1.35 bits per heavy atom. The molecule has 0 spiro atoms. The number of carbonyl (C=O) groups is 1. The van der Waals surface area contributed by atoms with Crippen LogP contribution in [0.2, 0.25) is 0 Å². The number of hydrazine groups is 1. The predicted molar refractivity (Wildman–Crippen MR) is 72.1 cm³/mol. The zero-order valence-electron chi connectivity index (χ0n) is 10.7. The van der Waals surface area contributed by atoms with Gasteiger partial charge in [-0.05, 0) is 18.2 Å². The third kappa shape index (κ3) is 3.21. The van der Waals surface area contributed by atoms with Crippen LogP contribution in [-0.4, -0.2) is 22.1 Å². The van der Waals surface area contributed by atoms with Gasteiger partial charge in [0.25, 0.3) is 5.91 Å². The van der Waals surface area contributed by atoms with Crippen LogP contribution in [0.25, 0.3) is 0 Å². The molecule has 2 aromatic rings. The maximum atomic E-state index is 11.5. The highest BCUT2D eigenvalue weighted by Gasteiger charge is 2.10. The minimum atomic E-state index is -0.431. The highest BCUT2D eigenvalue weighted by atomic mass is 16.5. The minimum Gasteiger partial charge on any atom is -0.491 e. The molecule has 0 unspecified atom stereocenters. The number of nitrogens with zero attached hydrogens (tertiary/aromatic N) is 2. The SMILES string of the molecule is NNC(=O)c1ccccc1OCCn1cccnc1=O. The van der Waals surface area contributed by atoms with Crippen molar-refractivity contribution in [2.45, 2.75) is 6.54 Å². The van der Waals surface area contributed by atoms with Crippen molar-refractivity contribution in [3.05, 3.63) is 58.8 Å². The van der Waals surface area contributed by atoms with Crippen LogP contribution in [0.5, 0.6) is 5.75 Å². The van der Waals surface area contributed by atoms with Gasteiger partial charge in [-0.15, -0.1) is 0 Å². The second kappa shape index (κ2) is 6.48. The summed E-state index contributed by atoms with van der Waals surface area (Å²) in [6.45, 7) is 0.575. The Balaban J connectivity index is 2.03. The Morgan fingerprint density at radius 2 is 2.15 bits per heavy atom. The Labute approximate surface area is 115 Å². The summed E-state index contributed by atoms with van der Waals surface area (Å²) in [6, 6.07) is 8.39. The fourth-order valence-corrected chi connectivity index (χ4v) is 1.67. The second-order valence-corrected chi connectivity index (χ2v) is 3.91. The Morgan fingerprint density at radius 3 is 2.90 bits per heavy atom. The number of hydrogen-bond acceptors (Lipinski definition) is 5. The maximum absolute atomic E-state index is 11.5. The predicted octanol–water partition coefficient (Wildman–Crippen LogP) is -0.0742. The van der Waals surface area contributed by atoms with E-state index in [1.807, 2.05) is 0 Å². The number of para-hydroxylation sites is 1. The van der Waals surface area contributed by atoms with Crippen LogP contribution in [0.15, 0.2) is 47.5 Å². The van der Waals surface area contributed by atoms with Crippen molar-refractivity contribution in [1.82, 2.24) is 15.0 Å². The molecule has 0 aliphatic carbocycles. The molecule has 3 N–H and O–H groups in total. The molecule has 0 radical (unpaired) electrons. The highest BCUT2D eigenvalue weighted by molar-refractivity contribution is 5.96. The summed E-state index contributed by atoms with van der Waals surface area (Å²) in [5, 5.41) is 0. The number of rotatable bonds is 5. The van der Waals surface area contributed by atoms with E-state index in [9.17, 15) is 9.59 Å². The van der Waals surface area contributed by atoms with Gasteiger partial charge >= 0.3 is 5.69 Å². The van der Waals surface area contributed by atoms with Gasteiger partial charge in [-0.3, -0.25) is 14.8 Å². The third-order valence-electron chi connectivity index (χ3n) is 2.64. The van der Waals surface area contributed by atoms with Crippen molar-refractivity contribution in [3.8, 4) is 5.75 Å². The maximum Gasteiger partial charge on any atom is 0.347 e. The van der Waals surface area contributed by atoms with E-state index in [4.69, 9.17) is 10.6 Å². The van der Waals surface area contributed by atoms with Crippen molar-refractivity contribution < 1.29 is 9.53 Å². The summed E-state index contributed by atoms with van der Waals surface area (Å²) in [5.41, 5.74) is 2.05. The number of carbonyl (C=O) groups excluding carboxylic acids is 1. The smallest absolute Gasteiger partial charge is 0.347 e. The topological polar surface area (TPSA) is 99.2 Å². The summed E-state index contributed by atoms with van der Waals surface area (Å²) in [6.07, 6.45) is 3.05. The average Bonchev–Trinajstić information content (AvgIpc) is 2.49. The largest absolute Gasteiger partial charge is 0.491 e. The summed E-state index contributed by atoms with van der Waals surface area (Å²) >= 11 is 0. The molecule has 7 nitrogen and oxygen atoms in total. The number of nitrogens with two attached hydrogens (primary N) is 1.